The molecule has 1 fully saturated rings. The van der Waals surface area contributed by atoms with Gasteiger partial charge >= 0.3 is 5.97 Å². The molecule has 0 radical (unpaired) electrons. The first-order valence-corrected chi connectivity index (χ1v) is 12.8. The summed E-state index contributed by atoms with van der Waals surface area (Å²) < 4.78 is 1.46. The Balaban J connectivity index is 0.00000361. The number of nitrogens with two attached hydrogens (primary N) is 1. The third-order valence-electron chi connectivity index (χ3n) is 4.81. The van der Waals surface area contributed by atoms with Crippen molar-refractivity contribution < 1.29 is 29.4 Å². The summed E-state index contributed by atoms with van der Waals surface area (Å²) in [5, 5.41) is 37.8. The van der Waals surface area contributed by atoms with E-state index in [1.165, 1.54) is 38.5 Å². The summed E-state index contributed by atoms with van der Waals surface area (Å²) >= 11 is 3.67. The lowest BCUT2D eigenvalue weighted by atomic mass is 10.0. The average Bonchev–Trinajstić information content (AvgIpc) is 3.45. The van der Waals surface area contributed by atoms with Gasteiger partial charge in [0.1, 0.15) is 29.4 Å². The van der Waals surface area contributed by atoms with Gasteiger partial charge in [-0.05, 0) is 16.0 Å². The molecule has 2 aromatic heterocycles. The molecule has 2 amide bonds. The minimum Gasteiger partial charge on any atom is -0.477 e. The van der Waals surface area contributed by atoms with Gasteiger partial charge < -0.3 is 26.1 Å². The fourth-order valence-electron chi connectivity index (χ4n) is 3.25. The van der Waals surface area contributed by atoms with Gasteiger partial charge in [0.2, 0.25) is 5.16 Å². The molecular formula is C17H20ClN9O6S3. The summed E-state index contributed by atoms with van der Waals surface area (Å²) in [7, 11) is 1.67. The van der Waals surface area contributed by atoms with E-state index in [1.54, 1.807) is 7.05 Å². The highest BCUT2D eigenvalue weighted by Gasteiger charge is 2.54. The number of anilines is 1. The van der Waals surface area contributed by atoms with E-state index in [9.17, 15) is 19.5 Å². The van der Waals surface area contributed by atoms with Gasteiger partial charge in [0, 0.05) is 23.9 Å². The molecule has 4 heterocycles. The molecule has 19 heteroatoms. The van der Waals surface area contributed by atoms with Crippen molar-refractivity contribution in [1.82, 2.24) is 35.4 Å². The number of oxime groups is 1. The number of nitrogen functional groups attached to an aromatic ring is 1. The number of carboxylic acids is 1. The minimum absolute atomic E-state index is 0. The van der Waals surface area contributed by atoms with E-state index in [1.807, 2.05) is 0 Å². The van der Waals surface area contributed by atoms with E-state index >= 15 is 0 Å². The van der Waals surface area contributed by atoms with Gasteiger partial charge in [-0.3, -0.25) is 14.5 Å². The number of carboxylic acid groups (broad SMARTS) is 1. The van der Waals surface area contributed by atoms with Crippen molar-refractivity contribution in [2.75, 3.05) is 30.5 Å². The number of hydrogen-bond acceptors (Lipinski definition) is 14. The van der Waals surface area contributed by atoms with Crippen LogP contribution >= 0.6 is 47.3 Å². The summed E-state index contributed by atoms with van der Waals surface area (Å²) in [4.78, 5) is 48.0. The van der Waals surface area contributed by atoms with Gasteiger partial charge in [0.25, 0.3) is 11.8 Å². The Morgan fingerprint density at radius 2 is 2.22 bits per heavy atom. The van der Waals surface area contributed by atoms with Gasteiger partial charge in [-0.25, -0.2) is 14.5 Å². The standard InChI is InChI=1S/C17H19N9O6S3.ClH/c1-25-17(21-23-24-25)35-5-7-4-33-14-10(13(29)26(14)11(7)15(30)31)20-12(28)9(22-32-3-2-27)8-6-34-16(18)19-8;/h6,10,14,27H,2-5H2,1H3,(H2,18,19)(H,20,28)(H,30,31);1H/b22-9-;/t10?,14-;/m1./s1. The second kappa shape index (κ2) is 11.9. The summed E-state index contributed by atoms with van der Waals surface area (Å²) in [5.74, 6) is -1.93. The molecule has 15 nitrogen and oxygen atoms in total. The van der Waals surface area contributed by atoms with Gasteiger partial charge in [0.05, 0.1) is 6.61 Å². The van der Waals surface area contributed by atoms with Gasteiger partial charge in [-0.1, -0.05) is 16.9 Å². The van der Waals surface area contributed by atoms with Crippen molar-refractivity contribution in [2.24, 2.45) is 12.2 Å². The number of β-lactam (4-membered cyclic amide) rings is 1. The van der Waals surface area contributed by atoms with Crippen LogP contribution in [0, 0.1) is 0 Å². The van der Waals surface area contributed by atoms with Crippen LogP contribution in [0.25, 0.3) is 0 Å². The van der Waals surface area contributed by atoms with Crippen molar-refractivity contribution in [3.63, 3.8) is 0 Å². The number of hydrogen-bond donors (Lipinski definition) is 4. The number of aliphatic hydroxyl groups is 1. The summed E-state index contributed by atoms with van der Waals surface area (Å²) in [6, 6.07) is -0.974. The monoisotopic (exact) mass is 577 g/mol. The van der Waals surface area contributed by atoms with Crippen molar-refractivity contribution in [2.45, 2.75) is 16.6 Å². The summed E-state index contributed by atoms with van der Waals surface area (Å²) in [6.07, 6.45) is 0. The molecule has 0 saturated carbocycles. The quantitative estimate of drug-likeness (QED) is 0.0870. The Morgan fingerprint density at radius 1 is 1.44 bits per heavy atom. The zero-order valence-corrected chi connectivity index (χ0v) is 21.7. The molecule has 2 aliphatic heterocycles. The fourth-order valence-corrected chi connectivity index (χ4v) is 6.13. The maximum Gasteiger partial charge on any atom is 0.352 e. The number of carbonyl (C=O) groups is 3. The second-order valence-electron chi connectivity index (χ2n) is 7.06. The molecule has 0 bridgehead atoms. The van der Waals surface area contributed by atoms with Crippen molar-refractivity contribution in [3.05, 3.63) is 22.3 Å². The first kappa shape index (κ1) is 27.7. The third-order valence-corrected chi connectivity index (χ3v) is 7.92. The number of aliphatic carboxylic acids is 1. The van der Waals surface area contributed by atoms with Gasteiger partial charge in [-0.15, -0.1) is 40.6 Å². The highest BCUT2D eigenvalue weighted by Crippen LogP contribution is 2.41. The molecule has 194 valence electrons. The van der Waals surface area contributed by atoms with E-state index in [0.29, 0.717) is 16.5 Å². The molecule has 0 spiro atoms. The van der Waals surface area contributed by atoms with E-state index in [-0.39, 0.29) is 53.6 Å². The fraction of sp³-hybridized carbons (Fsp3) is 0.412. The summed E-state index contributed by atoms with van der Waals surface area (Å²) in [5.41, 5.74) is 6.00. The Bertz CT molecular complexity index is 1220. The molecule has 1 saturated heterocycles. The maximum atomic E-state index is 12.9. The zero-order valence-electron chi connectivity index (χ0n) is 18.4. The molecular weight excluding hydrogens is 558 g/mol. The minimum atomic E-state index is -1.24. The predicted octanol–water partition coefficient (Wildman–Crippen LogP) is -1.09. The maximum absolute atomic E-state index is 12.9. The second-order valence-corrected chi connectivity index (χ2v) is 10.00. The van der Waals surface area contributed by atoms with E-state index in [4.69, 9.17) is 15.7 Å². The zero-order chi connectivity index (χ0) is 25.1. The lowest BCUT2D eigenvalue weighted by Gasteiger charge is -2.49. The normalized spacial score (nSPS) is 19.3. The van der Waals surface area contributed by atoms with Crippen LogP contribution in [-0.2, 0) is 26.3 Å². The highest BCUT2D eigenvalue weighted by molar-refractivity contribution is 8.01. The lowest BCUT2D eigenvalue weighted by molar-refractivity contribution is -0.150. The molecule has 0 aliphatic carbocycles. The number of rotatable bonds is 10. The van der Waals surface area contributed by atoms with Gasteiger partial charge in [0.15, 0.2) is 10.8 Å². The average molecular weight is 578 g/mol. The predicted molar refractivity (Wildman–Crippen MR) is 133 cm³/mol. The Morgan fingerprint density at radius 3 is 2.83 bits per heavy atom. The molecule has 2 aromatic rings. The van der Waals surface area contributed by atoms with Crippen LogP contribution in [-0.4, -0.2) is 99.9 Å². The first-order valence-electron chi connectivity index (χ1n) is 9.90. The lowest BCUT2D eigenvalue weighted by Crippen LogP contribution is -2.71. The molecule has 2 atom stereocenters. The Labute approximate surface area is 221 Å². The summed E-state index contributed by atoms with van der Waals surface area (Å²) in [6.45, 7) is -0.465. The molecule has 36 heavy (non-hydrogen) atoms. The Hall–Kier alpha value is -2.93. The molecule has 1 unspecified atom stereocenters. The number of amides is 2. The number of nitrogens with one attached hydrogen (secondary N) is 1. The van der Waals surface area contributed by atoms with Crippen molar-refractivity contribution in [1.29, 1.82) is 0 Å². The SMILES string of the molecule is Cl.Cn1nnnc1SCC1=C(C(=O)O)N2C(=O)C(NC(=O)/C(=N\OCCO)c3csc(N)n3)[C@H]2SC1. The number of nitrogens with zero attached hydrogens (tertiary/aromatic N) is 7. The number of carbonyl (C=O) groups excluding carboxylic acids is 2. The van der Waals surface area contributed by atoms with Crippen LogP contribution in [0.4, 0.5) is 5.13 Å². The number of aromatic nitrogens is 5. The van der Waals surface area contributed by atoms with Crippen LogP contribution in [0.1, 0.15) is 5.69 Å². The molecule has 5 N–H and O–H groups in total. The van der Waals surface area contributed by atoms with E-state index in [0.717, 1.165) is 11.3 Å². The largest absolute Gasteiger partial charge is 0.477 e. The van der Waals surface area contributed by atoms with Crippen LogP contribution in [0.15, 0.2) is 27.0 Å². The van der Waals surface area contributed by atoms with E-state index < -0.39 is 29.2 Å². The number of tetrazole rings is 1. The number of thiazole rings is 1. The number of aryl methyl sites for hydroxylation is 1. The topological polar surface area (TPSA) is 211 Å². The Kier molecular flexibility index (Phi) is 9.12. The number of halogens is 1. The number of aliphatic hydroxyl groups excluding tert-OH is 1. The van der Waals surface area contributed by atoms with Crippen LogP contribution in [0.3, 0.4) is 0 Å². The smallest absolute Gasteiger partial charge is 0.352 e. The molecule has 2 aliphatic rings. The van der Waals surface area contributed by atoms with Crippen molar-refractivity contribution >= 4 is 75.9 Å². The van der Waals surface area contributed by atoms with Gasteiger partial charge in [-0.2, -0.15) is 0 Å². The highest BCUT2D eigenvalue weighted by atomic mass is 35.5. The van der Waals surface area contributed by atoms with Crippen molar-refractivity contribution in [3.8, 4) is 0 Å². The van der Waals surface area contributed by atoms with Crippen LogP contribution in [0.2, 0.25) is 0 Å². The van der Waals surface area contributed by atoms with Crippen LogP contribution in [0.5, 0.6) is 0 Å². The van der Waals surface area contributed by atoms with Crippen LogP contribution < -0.4 is 11.1 Å². The number of thioether (sulfide) groups is 2. The molecule has 0 aromatic carbocycles. The third kappa shape index (κ3) is 5.56. The van der Waals surface area contributed by atoms with E-state index in [2.05, 4.69) is 31.0 Å². The first-order chi connectivity index (χ1) is 16.8. The number of fused-ring (bicyclic) bond motifs is 1. The molecule has 4 rings (SSSR count).